The number of carbonyl (C=O) groups is 2. The third kappa shape index (κ3) is 3.50. The third-order valence-corrected chi connectivity index (χ3v) is 3.12. The van der Waals surface area contributed by atoms with Crippen molar-refractivity contribution in [3.63, 3.8) is 0 Å². The van der Waals surface area contributed by atoms with E-state index in [9.17, 15) is 19.8 Å². The van der Waals surface area contributed by atoms with Crippen LogP contribution in [0.5, 0.6) is 11.5 Å². The van der Waals surface area contributed by atoms with Gasteiger partial charge in [0.15, 0.2) is 11.5 Å². The van der Waals surface area contributed by atoms with Gasteiger partial charge in [-0.2, -0.15) is 5.10 Å². The predicted molar refractivity (Wildman–Crippen MR) is 74.0 cm³/mol. The lowest BCUT2D eigenvalue weighted by atomic mass is 10.2. The van der Waals surface area contributed by atoms with Gasteiger partial charge in [0.25, 0.3) is 5.91 Å². The average molecular weight is 292 g/mol. The average Bonchev–Trinajstić information content (AvgIpc) is 3.21. The standard InChI is InChI=1S/C14H16N2O5/c1-2-21-14(20)10-6-8(10)7-15-16-13(19)9-4-3-5-11(17)12(9)18/h3-5,7-8,10,17-18H,2,6H2,1H3,(H,16,19)/b15-7+. The van der Waals surface area contributed by atoms with E-state index in [1.807, 2.05) is 0 Å². The minimum atomic E-state index is -0.645. The van der Waals surface area contributed by atoms with Crippen LogP contribution in [0, 0.1) is 11.8 Å². The van der Waals surface area contributed by atoms with E-state index in [0.717, 1.165) is 0 Å². The highest BCUT2D eigenvalue weighted by Gasteiger charge is 2.43. The van der Waals surface area contributed by atoms with Gasteiger partial charge >= 0.3 is 5.97 Å². The van der Waals surface area contributed by atoms with Gasteiger partial charge in [0.05, 0.1) is 18.1 Å². The molecule has 21 heavy (non-hydrogen) atoms. The molecule has 0 bridgehead atoms. The van der Waals surface area contributed by atoms with Crippen molar-refractivity contribution in [2.75, 3.05) is 6.61 Å². The summed E-state index contributed by atoms with van der Waals surface area (Å²) < 4.78 is 4.87. The highest BCUT2D eigenvalue weighted by molar-refractivity contribution is 5.97. The molecule has 1 amide bonds. The number of hydrogen-bond acceptors (Lipinski definition) is 6. The van der Waals surface area contributed by atoms with Gasteiger partial charge in [0.2, 0.25) is 0 Å². The van der Waals surface area contributed by atoms with Gasteiger partial charge in [-0.1, -0.05) is 6.07 Å². The summed E-state index contributed by atoms with van der Waals surface area (Å²) in [7, 11) is 0. The van der Waals surface area contributed by atoms with Gasteiger partial charge in [0, 0.05) is 12.1 Å². The second kappa shape index (κ2) is 6.25. The number of esters is 1. The molecular weight excluding hydrogens is 276 g/mol. The Balaban J connectivity index is 1.87. The first kappa shape index (κ1) is 14.8. The van der Waals surface area contributed by atoms with Crippen LogP contribution in [0.2, 0.25) is 0 Å². The molecule has 0 aromatic heterocycles. The smallest absolute Gasteiger partial charge is 0.309 e. The molecule has 0 saturated heterocycles. The van der Waals surface area contributed by atoms with Crippen LogP contribution >= 0.6 is 0 Å². The van der Waals surface area contributed by atoms with Crippen LogP contribution in [-0.2, 0) is 9.53 Å². The normalized spacial score (nSPS) is 20.2. The number of aromatic hydroxyl groups is 2. The summed E-state index contributed by atoms with van der Waals surface area (Å²) in [5.41, 5.74) is 2.16. The molecule has 1 saturated carbocycles. The number of hydrazone groups is 1. The molecule has 2 atom stereocenters. The Morgan fingerprint density at radius 3 is 2.95 bits per heavy atom. The number of carbonyl (C=O) groups excluding carboxylic acids is 2. The van der Waals surface area contributed by atoms with E-state index in [1.54, 1.807) is 6.92 Å². The number of ether oxygens (including phenoxy) is 1. The van der Waals surface area contributed by atoms with Gasteiger partial charge in [-0.15, -0.1) is 0 Å². The monoisotopic (exact) mass is 292 g/mol. The maximum absolute atomic E-state index is 11.7. The third-order valence-electron chi connectivity index (χ3n) is 3.12. The maximum Gasteiger partial charge on any atom is 0.309 e. The molecule has 7 nitrogen and oxygen atoms in total. The summed E-state index contributed by atoms with van der Waals surface area (Å²) in [6.45, 7) is 2.08. The lowest BCUT2D eigenvalue weighted by Crippen LogP contribution is -2.18. The number of hydrogen-bond donors (Lipinski definition) is 3. The van der Waals surface area contributed by atoms with Crippen molar-refractivity contribution >= 4 is 18.1 Å². The fourth-order valence-corrected chi connectivity index (χ4v) is 1.87. The van der Waals surface area contributed by atoms with Gasteiger partial charge < -0.3 is 14.9 Å². The van der Waals surface area contributed by atoms with E-state index in [-0.39, 0.29) is 29.1 Å². The molecule has 1 aromatic carbocycles. The number of para-hydroxylation sites is 1. The topological polar surface area (TPSA) is 108 Å². The molecule has 1 aliphatic rings. The minimum Gasteiger partial charge on any atom is -0.504 e. The maximum atomic E-state index is 11.7. The van der Waals surface area contributed by atoms with Crippen molar-refractivity contribution in [1.82, 2.24) is 5.43 Å². The molecule has 1 aromatic rings. The van der Waals surface area contributed by atoms with Crippen molar-refractivity contribution in [3.05, 3.63) is 23.8 Å². The number of rotatable bonds is 5. The van der Waals surface area contributed by atoms with Crippen LogP contribution < -0.4 is 5.43 Å². The fraction of sp³-hybridized carbons (Fsp3) is 0.357. The van der Waals surface area contributed by atoms with E-state index in [4.69, 9.17) is 4.74 Å². The molecule has 1 aliphatic carbocycles. The van der Waals surface area contributed by atoms with E-state index in [1.165, 1.54) is 24.4 Å². The molecule has 2 unspecified atom stereocenters. The summed E-state index contributed by atoms with van der Waals surface area (Å²) in [4.78, 5) is 23.1. The minimum absolute atomic E-state index is 0.0397. The summed E-state index contributed by atoms with van der Waals surface area (Å²) in [6, 6.07) is 4.06. The highest BCUT2D eigenvalue weighted by Crippen LogP contribution is 2.37. The van der Waals surface area contributed by atoms with Crippen LogP contribution in [0.4, 0.5) is 0 Å². The van der Waals surface area contributed by atoms with E-state index in [0.29, 0.717) is 13.0 Å². The molecule has 0 radical (unpaired) electrons. The van der Waals surface area contributed by atoms with Crippen molar-refractivity contribution < 1.29 is 24.5 Å². The number of nitrogens with one attached hydrogen (secondary N) is 1. The van der Waals surface area contributed by atoms with Crippen molar-refractivity contribution in [2.24, 2.45) is 16.9 Å². The molecular formula is C14H16N2O5. The van der Waals surface area contributed by atoms with Gasteiger partial charge in [0.1, 0.15) is 0 Å². The highest BCUT2D eigenvalue weighted by atomic mass is 16.5. The van der Waals surface area contributed by atoms with E-state index >= 15 is 0 Å². The zero-order chi connectivity index (χ0) is 15.4. The number of nitrogens with zero attached hydrogens (tertiary/aromatic N) is 1. The lowest BCUT2D eigenvalue weighted by Gasteiger charge is -2.03. The lowest BCUT2D eigenvalue weighted by molar-refractivity contribution is -0.144. The summed E-state index contributed by atoms with van der Waals surface area (Å²) in [6.07, 6.45) is 2.12. The second-order valence-electron chi connectivity index (χ2n) is 4.65. The Kier molecular flexibility index (Phi) is 4.42. The molecule has 0 spiro atoms. The summed E-state index contributed by atoms with van der Waals surface area (Å²) >= 11 is 0. The summed E-state index contributed by atoms with van der Waals surface area (Å²) in [5.74, 6) is -2.02. The SMILES string of the molecule is CCOC(=O)C1CC1/C=N/NC(=O)c1cccc(O)c1O. The fourth-order valence-electron chi connectivity index (χ4n) is 1.87. The Bertz CT molecular complexity index is 585. The first-order chi connectivity index (χ1) is 10.0. The number of phenolic OH excluding ortho intramolecular Hbond substituents is 2. The molecule has 112 valence electrons. The van der Waals surface area contributed by atoms with E-state index < -0.39 is 11.7 Å². The number of amides is 1. The van der Waals surface area contributed by atoms with Crippen LogP contribution in [-0.4, -0.2) is 34.9 Å². The quantitative estimate of drug-likeness (QED) is 0.325. The van der Waals surface area contributed by atoms with Crippen LogP contribution in [0.15, 0.2) is 23.3 Å². The first-order valence-corrected chi connectivity index (χ1v) is 6.55. The summed E-state index contributed by atoms with van der Waals surface area (Å²) in [5, 5.41) is 22.6. The predicted octanol–water partition coefficient (Wildman–Crippen LogP) is 1.01. The van der Waals surface area contributed by atoms with Gasteiger partial charge in [-0.05, 0) is 25.5 Å². The number of phenols is 2. The molecule has 3 N–H and O–H groups in total. The molecule has 7 heteroatoms. The Morgan fingerprint density at radius 2 is 2.24 bits per heavy atom. The van der Waals surface area contributed by atoms with Crippen molar-refractivity contribution in [2.45, 2.75) is 13.3 Å². The van der Waals surface area contributed by atoms with Crippen LogP contribution in [0.25, 0.3) is 0 Å². The molecule has 0 heterocycles. The Hall–Kier alpha value is -2.57. The zero-order valence-electron chi connectivity index (χ0n) is 11.4. The largest absolute Gasteiger partial charge is 0.504 e. The van der Waals surface area contributed by atoms with Crippen molar-refractivity contribution in [3.8, 4) is 11.5 Å². The first-order valence-electron chi connectivity index (χ1n) is 6.55. The van der Waals surface area contributed by atoms with Crippen molar-refractivity contribution in [1.29, 1.82) is 0 Å². The molecule has 1 fully saturated rings. The van der Waals surface area contributed by atoms with Gasteiger partial charge in [-0.25, -0.2) is 5.43 Å². The van der Waals surface area contributed by atoms with E-state index in [2.05, 4.69) is 10.5 Å². The number of benzene rings is 1. The van der Waals surface area contributed by atoms with Crippen LogP contribution in [0.3, 0.4) is 0 Å². The molecule has 0 aliphatic heterocycles. The molecule has 2 rings (SSSR count). The Morgan fingerprint density at radius 1 is 1.48 bits per heavy atom. The second-order valence-corrected chi connectivity index (χ2v) is 4.65. The Labute approximate surface area is 121 Å². The van der Waals surface area contributed by atoms with Crippen LogP contribution in [0.1, 0.15) is 23.7 Å². The van der Waals surface area contributed by atoms with Gasteiger partial charge in [-0.3, -0.25) is 9.59 Å². The zero-order valence-corrected chi connectivity index (χ0v) is 11.4.